The molecule has 112 valence electrons. The zero-order chi connectivity index (χ0) is 15.3. The monoisotopic (exact) mass is 291 g/mol. The molecule has 0 aromatic heterocycles. The van der Waals surface area contributed by atoms with Crippen molar-refractivity contribution in [2.75, 3.05) is 13.6 Å². The van der Waals surface area contributed by atoms with Crippen LogP contribution in [0.1, 0.15) is 28.3 Å². The SMILES string of the molecule is C=CCc1ccc2c(c1O)-c1cccc3c1[C@@H](C2)N(C)CC3. The molecule has 4 rings (SSSR count). The number of rotatable bonds is 2. The summed E-state index contributed by atoms with van der Waals surface area (Å²) in [5.41, 5.74) is 7.36. The molecule has 0 fully saturated rings. The van der Waals surface area contributed by atoms with Gasteiger partial charge in [0.1, 0.15) is 5.75 Å². The highest BCUT2D eigenvalue weighted by atomic mass is 16.3. The van der Waals surface area contributed by atoms with Gasteiger partial charge in [-0.2, -0.15) is 0 Å². The van der Waals surface area contributed by atoms with Crippen molar-refractivity contribution < 1.29 is 5.11 Å². The minimum Gasteiger partial charge on any atom is -0.507 e. The van der Waals surface area contributed by atoms with Crippen molar-refractivity contribution in [1.82, 2.24) is 4.90 Å². The van der Waals surface area contributed by atoms with Gasteiger partial charge < -0.3 is 5.11 Å². The van der Waals surface area contributed by atoms with E-state index in [2.05, 4.69) is 42.8 Å². The Morgan fingerprint density at radius 3 is 2.95 bits per heavy atom. The van der Waals surface area contributed by atoms with Gasteiger partial charge in [0, 0.05) is 18.2 Å². The summed E-state index contributed by atoms with van der Waals surface area (Å²) in [7, 11) is 2.21. The molecular formula is C20H21NO. The Morgan fingerprint density at radius 1 is 1.27 bits per heavy atom. The van der Waals surface area contributed by atoms with Crippen molar-refractivity contribution >= 4 is 0 Å². The number of phenols is 1. The molecule has 0 saturated heterocycles. The van der Waals surface area contributed by atoms with Crippen LogP contribution in [0.25, 0.3) is 11.1 Å². The largest absolute Gasteiger partial charge is 0.507 e. The second-order valence-electron chi connectivity index (χ2n) is 6.43. The number of allylic oxidation sites excluding steroid dienone is 1. The van der Waals surface area contributed by atoms with E-state index < -0.39 is 0 Å². The number of aromatic hydroxyl groups is 1. The summed E-state index contributed by atoms with van der Waals surface area (Å²) in [5.74, 6) is 0.442. The van der Waals surface area contributed by atoms with Gasteiger partial charge in [-0.1, -0.05) is 36.4 Å². The number of nitrogens with zero attached hydrogens (tertiary/aromatic N) is 1. The first-order valence-electron chi connectivity index (χ1n) is 7.97. The van der Waals surface area contributed by atoms with Gasteiger partial charge in [-0.3, -0.25) is 4.90 Å². The van der Waals surface area contributed by atoms with Gasteiger partial charge in [-0.25, -0.2) is 0 Å². The Bertz CT molecular complexity index is 763. The maximum Gasteiger partial charge on any atom is 0.127 e. The molecule has 2 aromatic carbocycles. The molecule has 1 atom stereocenters. The highest BCUT2D eigenvalue weighted by Gasteiger charge is 2.33. The number of hydrogen-bond acceptors (Lipinski definition) is 2. The van der Waals surface area contributed by atoms with Gasteiger partial charge in [0.25, 0.3) is 0 Å². The maximum absolute atomic E-state index is 10.8. The van der Waals surface area contributed by atoms with Gasteiger partial charge in [0.15, 0.2) is 0 Å². The Hall–Kier alpha value is -2.06. The Balaban J connectivity index is 1.98. The first-order valence-corrected chi connectivity index (χ1v) is 7.97. The highest BCUT2D eigenvalue weighted by Crippen LogP contribution is 2.48. The molecule has 1 aliphatic heterocycles. The molecule has 22 heavy (non-hydrogen) atoms. The van der Waals surface area contributed by atoms with E-state index in [9.17, 15) is 5.11 Å². The van der Waals surface area contributed by atoms with E-state index in [-0.39, 0.29) is 0 Å². The lowest BCUT2D eigenvalue weighted by Crippen LogP contribution is -2.35. The molecule has 2 aromatic rings. The van der Waals surface area contributed by atoms with Crippen LogP contribution >= 0.6 is 0 Å². The Kier molecular flexibility index (Phi) is 3.08. The third-order valence-electron chi connectivity index (χ3n) is 5.19. The van der Waals surface area contributed by atoms with Crippen molar-refractivity contribution in [1.29, 1.82) is 0 Å². The lowest BCUT2D eigenvalue weighted by Gasteiger charge is -2.40. The Morgan fingerprint density at radius 2 is 2.14 bits per heavy atom. The van der Waals surface area contributed by atoms with Crippen LogP contribution in [-0.4, -0.2) is 23.6 Å². The van der Waals surface area contributed by atoms with E-state index in [1.807, 2.05) is 12.1 Å². The molecule has 0 amide bonds. The summed E-state index contributed by atoms with van der Waals surface area (Å²) in [6, 6.07) is 11.2. The average Bonchev–Trinajstić information content (AvgIpc) is 2.53. The number of likely N-dealkylation sites (N-methyl/N-ethyl adjacent to an activating group) is 1. The molecule has 2 aliphatic rings. The summed E-state index contributed by atoms with van der Waals surface area (Å²) >= 11 is 0. The third-order valence-corrected chi connectivity index (χ3v) is 5.19. The molecule has 1 heterocycles. The molecular weight excluding hydrogens is 270 g/mol. The number of hydrogen-bond donors (Lipinski definition) is 1. The zero-order valence-electron chi connectivity index (χ0n) is 13.0. The van der Waals surface area contributed by atoms with E-state index in [4.69, 9.17) is 0 Å². The molecule has 1 aliphatic carbocycles. The summed E-state index contributed by atoms with van der Waals surface area (Å²) in [4.78, 5) is 2.45. The number of benzene rings is 2. The summed E-state index contributed by atoms with van der Waals surface area (Å²) < 4.78 is 0. The van der Waals surface area contributed by atoms with Gasteiger partial charge in [-0.05, 0) is 54.1 Å². The van der Waals surface area contributed by atoms with Crippen LogP contribution in [0.4, 0.5) is 0 Å². The van der Waals surface area contributed by atoms with Crippen LogP contribution < -0.4 is 0 Å². The highest BCUT2D eigenvalue weighted by molar-refractivity contribution is 5.81. The summed E-state index contributed by atoms with van der Waals surface area (Å²) in [5, 5.41) is 10.8. The van der Waals surface area contributed by atoms with Crippen LogP contribution in [-0.2, 0) is 19.3 Å². The molecule has 0 spiro atoms. The van der Waals surface area contributed by atoms with Crippen LogP contribution in [0.15, 0.2) is 43.0 Å². The molecule has 0 unspecified atom stereocenters. The van der Waals surface area contributed by atoms with Gasteiger partial charge >= 0.3 is 0 Å². The number of phenolic OH excluding ortho intramolecular Hbond substituents is 1. The number of fused-ring (bicyclic) bond motifs is 2. The minimum atomic E-state index is 0.442. The second-order valence-corrected chi connectivity index (χ2v) is 6.43. The summed E-state index contributed by atoms with van der Waals surface area (Å²) in [6.45, 7) is 4.90. The predicted molar refractivity (Wildman–Crippen MR) is 90.2 cm³/mol. The Labute approximate surface area is 131 Å². The average molecular weight is 291 g/mol. The van der Waals surface area contributed by atoms with Crippen molar-refractivity contribution in [3.05, 3.63) is 65.2 Å². The van der Waals surface area contributed by atoms with E-state index in [1.165, 1.54) is 22.3 Å². The first kappa shape index (κ1) is 13.6. The fraction of sp³-hybridized carbons (Fsp3) is 0.300. The summed E-state index contributed by atoms with van der Waals surface area (Å²) in [6.07, 6.45) is 4.63. The van der Waals surface area contributed by atoms with Gasteiger partial charge in [0.2, 0.25) is 0 Å². The molecule has 0 radical (unpaired) electrons. The van der Waals surface area contributed by atoms with Crippen LogP contribution in [0.2, 0.25) is 0 Å². The van der Waals surface area contributed by atoms with Crippen molar-refractivity contribution in [2.45, 2.75) is 25.3 Å². The maximum atomic E-state index is 10.8. The topological polar surface area (TPSA) is 23.5 Å². The fourth-order valence-electron chi connectivity index (χ4n) is 4.05. The second kappa shape index (κ2) is 4.99. The van der Waals surface area contributed by atoms with Crippen LogP contribution in [0, 0.1) is 0 Å². The minimum absolute atomic E-state index is 0.442. The van der Waals surface area contributed by atoms with E-state index in [1.54, 1.807) is 0 Å². The van der Waals surface area contributed by atoms with E-state index in [0.29, 0.717) is 18.2 Å². The molecule has 2 heteroatoms. The standard InChI is InChI=1S/C20H21NO/c1-3-5-14-8-9-15-12-17-18-13(10-11-21(17)2)6-4-7-16(18)19(15)20(14)22/h3-4,6-9,17,22H,1,5,10-12H2,2H3/t17-/m1/s1. The van der Waals surface area contributed by atoms with E-state index >= 15 is 0 Å². The van der Waals surface area contributed by atoms with Crippen LogP contribution in [0.5, 0.6) is 5.75 Å². The van der Waals surface area contributed by atoms with Crippen molar-refractivity contribution in [3.63, 3.8) is 0 Å². The lowest BCUT2D eigenvalue weighted by atomic mass is 9.76. The molecule has 1 N–H and O–H groups in total. The fourth-order valence-corrected chi connectivity index (χ4v) is 4.05. The molecule has 0 bridgehead atoms. The molecule has 2 nitrogen and oxygen atoms in total. The van der Waals surface area contributed by atoms with Gasteiger partial charge in [0.05, 0.1) is 0 Å². The van der Waals surface area contributed by atoms with Crippen molar-refractivity contribution in [2.24, 2.45) is 0 Å². The van der Waals surface area contributed by atoms with Gasteiger partial charge in [-0.15, -0.1) is 6.58 Å². The predicted octanol–water partition coefficient (Wildman–Crippen LogP) is 3.87. The third kappa shape index (κ3) is 1.84. The normalized spacial score (nSPS) is 19.4. The van der Waals surface area contributed by atoms with Crippen molar-refractivity contribution in [3.8, 4) is 16.9 Å². The zero-order valence-corrected chi connectivity index (χ0v) is 13.0. The van der Waals surface area contributed by atoms with E-state index in [0.717, 1.165) is 30.5 Å². The smallest absolute Gasteiger partial charge is 0.127 e. The molecule has 0 saturated carbocycles. The van der Waals surface area contributed by atoms with Crippen LogP contribution in [0.3, 0.4) is 0 Å². The lowest BCUT2D eigenvalue weighted by molar-refractivity contribution is 0.228. The quantitative estimate of drug-likeness (QED) is 0.849. The first-order chi connectivity index (χ1) is 10.7.